The normalized spacial score (nSPS) is 14.1. The third kappa shape index (κ3) is 4.83. The quantitative estimate of drug-likeness (QED) is 0.770. The van der Waals surface area contributed by atoms with Crippen molar-refractivity contribution in [1.29, 1.82) is 0 Å². The number of hydrogen-bond acceptors (Lipinski definition) is 3. The Labute approximate surface area is 112 Å². The van der Waals surface area contributed by atoms with Crippen LogP contribution in [0.4, 0.5) is 0 Å². The molecule has 0 fully saturated rings. The number of nitrogens with zero attached hydrogens (tertiary/aromatic N) is 1. The Kier molecular flexibility index (Phi) is 5.89. The molecule has 3 nitrogen and oxygen atoms in total. The first-order valence-corrected chi connectivity index (χ1v) is 6.88. The van der Waals surface area contributed by atoms with E-state index in [9.17, 15) is 0 Å². The molecule has 1 heterocycles. The lowest BCUT2D eigenvalue weighted by Gasteiger charge is -2.36. The van der Waals surface area contributed by atoms with Gasteiger partial charge in [-0.3, -0.25) is 0 Å². The van der Waals surface area contributed by atoms with Crippen molar-refractivity contribution in [1.82, 2.24) is 10.2 Å². The van der Waals surface area contributed by atoms with Gasteiger partial charge < -0.3 is 14.6 Å². The summed E-state index contributed by atoms with van der Waals surface area (Å²) in [6, 6.07) is 2.55. The summed E-state index contributed by atoms with van der Waals surface area (Å²) in [6.07, 6.45) is 4.74. The van der Waals surface area contributed by atoms with Gasteiger partial charge in [0.1, 0.15) is 0 Å². The SMILES string of the molecule is CCCNC(C)C(C)(C)CN(C)Cc1ccoc1. The van der Waals surface area contributed by atoms with Crippen molar-refractivity contribution in [2.24, 2.45) is 5.41 Å². The summed E-state index contributed by atoms with van der Waals surface area (Å²) < 4.78 is 5.11. The summed E-state index contributed by atoms with van der Waals surface area (Å²) in [6.45, 7) is 12.2. The summed E-state index contributed by atoms with van der Waals surface area (Å²) in [4.78, 5) is 2.36. The van der Waals surface area contributed by atoms with Crippen LogP contribution in [0.3, 0.4) is 0 Å². The van der Waals surface area contributed by atoms with Crippen LogP contribution in [0, 0.1) is 5.41 Å². The lowest BCUT2D eigenvalue weighted by molar-refractivity contribution is 0.160. The van der Waals surface area contributed by atoms with Gasteiger partial charge in [0.15, 0.2) is 0 Å². The van der Waals surface area contributed by atoms with Crippen LogP contribution in [0.5, 0.6) is 0 Å². The molecule has 18 heavy (non-hydrogen) atoms. The monoisotopic (exact) mass is 252 g/mol. The Hall–Kier alpha value is -0.800. The van der Waals surface area contributed by atoms with E-state index in [0.717, 1.165) is 19.6 Å². The van der Waals surface area contributed by atoms with Gasteiger partial charge in [0.2, 0.25) is 0 Å². The lowest BCUT2D eigenvalue weighted by atomic mass is 9.84. The number of furan rings is 1. The fourth-order valence-corrected chi connectivity index (χ4v) is 2.22. The van der Waals surface area contributed by atoms with Crippen LogP contribution < -0.4 is 5.32 Å². The highest BCUT2D eigenvalue weighted by Crippen LogP contribution is 2.22. The topological polar surface area (TPSA) is 28.4 Å². The number of hydrogen-bond donors (Lipinski definition) is 1. The van der Waals surface area contributed by atoms with Gasteiger partial charge in [-0.1, -0.05) is 20.8 Å². The molecule has 104 valence electrons. The molecule has 0 bridgehead atoms. The summed E-state index contributed by atoms with van der Waals surface area (Å²) in [5.41, 5.74) is 1.50. The third-order valence-electron chi connectivity index (χ3n) is 3.58. The lowest BCUT2D eigenvalue weighted by Crippen LogP contribution is -2.46. The second kappa shape index (κ2) is 6.95. The Morgan fingerprint density at radius 1 is 1.44 bits per heavy atom. The molecule has 1 aromatic heterocycles. The minimum atomic E-state index is 0.258. The second-order valence-corrected chi connectivity index (χ2v) is 5.97. The number of nitrogens with one attached hydrogen (secondary N) is 1. The molecular formula is C15H28N2O. The van der Waals surface area contributed by atoms with Gasteiger partial charge in [-0.15, -0.1) is 0 Å². The Morgan fingerprint density at radius 3 is 2.72 bits per heavy atom. The van der Waals surface area contributed by atoms with Crippen molar-refractivity contribution in [3.05, 3.63) is 24.2 Å². The Morgan fingerprint density at radius 2 is 2.17 bits per heavy atom. The van der Waals surface area contributed by atoms with Crippen molar-refractivity contribution < 1.29 is 4.42 Å². The van der Waals surface area contributed by atoms with Gasteiger partial charge >= 0.3 is 0 Å². The van der Waals surface area contributed by atoms with Crippen LogP contribution in [0.15, 0.2) is 23.0 Å². The first-order chi connectivity index (χ1) is 8.45. The van der Waals surface area contributed by atoms with E-state index in [1.807, 2.05) is 12.3 Å². The van der Waals surface area contributed by atoms with E-state index in [-0.39, 0.29) is 5.41 Å². The van der Waals surface area contributed by atoms with Gasteiger partial charge in [-0.05, 0) is 38.4 Å². The van der Waals surface area contributed by atoms with E-state index in [4.69, 9.17) is 4.42 Å². The van der Waals surface area contributed by atoms with Crippen molar-refractivity contribution in [3.63, 3.8) is 0 Å². The zero-order valence-electron chi connectivity index (χ0n) is 12.5. The molecule has 0 amide bonds. The van der Waals surface area contributed by atoms with Crippen LogP contribution in [0.2, 0.25) is 0 Å². The average Bonchev–Trinajstić information content (AvgIpc) is 2.77. The zero-order valence-corrected chi connectivity index (χ0v) is 12.5. The van der Waals surface area contributed by atoms with Gasteiger partial charge in [-0.2, -0.15) is 0 Å². The average molecular weight is 252 g/mol. The van der Waals surface area contributed by atoms with Gasteiger partial charge in [0.25, 0.3) is 0 Å². The molecule has 0 saturated heterocycles. The van der Waals surface area contributed by atoms with Crippen molar-refractivity contribution in [3.8, 4) is 0 Å². The molecule has 1 aromatic rings. The summed E-state index contributed by atoms with van der Waals surface area (Å²) >= 11 is 0. The minimum absolute atomic E-state index is 0.258. The van der Waals surface area contributed by atoms with Crippen LogP contribution >= 0.6 is 0 Å². The molecule has 1 rings (SSSR count). The first-order valence-electron chi connectivity index (χ1n) is 6.88. The molecule has 0 radical (unpaired) electrons. The van der Waals surface area contributed by atoms with E-state index in [1.54, 1.807) is 6.26 Å². The van der Waals surface area contributed by atoms with E-state index in [0.29, 0.717) is 6.04 Å². The van der Waals surface area contributed by atoms with Crippen LogP contribution in [0.1, 0.15) is 39.7 Å². The molecule has 1 unspecified atom stereocenters. The maximum Gasteiger partial charge on any atom is 0.0947 e. The highest BCUT2D eigenvalue weighted by Gasteiger charge is 2.26. The molecule has 0 aliphatic carbocycles. The maximum atomic E-state index is 5.11. The van der Waals surface area contributed by atoms with Gasteiger partial charge in [-0.25, -0.2) is 0 Å². The van der Waals surface area contributed by atoms with Crippen molar-refractivity contribution >= 4 is 0 Å². The first kappa shape index (κ1) is 15.3. The maximum absolute atomic E-state index is 5.11. The smallest absolute Gasteiger partial charge is 0.0947 e. The van der Waals surface area contributed by atoms with E-state index in [1.165, 1.54) is 12.0 Å². The predicted octanol–water partition coefficient (Wildman–Crippen LogP) is 3.13. The molecular weight excluding hydrogens is 224 g/mol. The van der Waals surface area contributed by atoms with Gasteiger partial charge in [0.05, 0.1) is 12.5 Å². The Bertz CT molecular complexity index is 319. The largest absolute Gasteiger partial charge is 0.472 e. The third-order valence-corrected chi connectivity index (χ3v) is 3.58. The number of rotatable bonds is 8. The highest BCUT2D eigenvalue weighted by atomic mass is 16.3. The summed E-state index contributed by atoms with van der Waals surface area (Å²) in [5, 5.41) is 3.59. The summed E-state index contributed by atoms with van der Waals surface area (Å²) in [5.74, 6) is 0. The van der Waals surface area contributed by atoms with Crippen molar-refractivity contribution in [2.45, 2.75) is 46.7 Å². The fourth-order valence-electron chi connectivity index (χ4n) is 2.22. The molecule has 0 aromatic carbocycles. The Balaban J connectivity index is 2.43. The molecule has 1 N–H and O–H groups in total. The molecule has 3 heteroatoms. The standard InChI is InChI=1S/C15H28N2O/c1-6-8-16-13(2)15(3,4)12-17(5)10-14-7-9-18-11-14/h7,9,11,13,16H,6,8,10,12H2,1-5H3. The molecule has 1 atom stereocenters. The van der Waals surface area contributed by atoms with E-state index in [2.05, 4.69) is 45.0 Å². The summed E-state index contributed by atoms with van der Waals surface area (Å²) in [7, 11) is 2.17. The van der Waals surface area contributed by atoms with Gasteiger partial charge in [0, 0.05) is 24.7 Å². The highest BCUT2D eigenvalue weighted by molar-refractivity contribution is 5.04. The second-order valence-electron chi connectivity index (χ2n) is 5.97. The van der Waals surface area contributed by atoms with E-state index < -0.39 is 0 Å². The molecule has 0 aliphatic rings. The van der Waals surface area contributed by atoms with Crippen LogP contribution in [0.25, 0.3) is 0 Å². The predicted molar refractivity (Wildman–Crippen MR) is 76.6 cm³/mol. The molecule has 0 aliphatic heterocycles. The van der Waals surface area contributed by atoms with Crippen molar-refractivity contribution in [2.75, 3.05) is 20.1 Å². The minimum Gasteiger partial charge on any atom is -0.472 e. The fraction of sp³-hybridized carbons (Fsp3) is 0.733. The molecule has 0 spiro atoms. The zero-order chi connectivity index (χ0) is 13.6. The van der Waals surface area contributed by atoms with Crippen LogP contribution in [-0.4, -0.2) is 31.1 Å². The van der Waals surface area contributed by atoms with E-state index >= 15 is 0 Å². The molecule has 0 saturated carbocycles. The van der Waals surface area contributed by atoms with Crippen LogP contribution in [-0.2, 0) is 6.54 Å².